The minimum atomic E-state index is -3.82. The lowest BCUT2D eigenvalue weighted by atomic mass is 9.84. The lowest BCUT2D eigenvalue weighted by molar-refractivity contribution is -0.147. The molecule has 0 aromatic heterocycles. The van der Waals surface area contributed by atoms with Crippen molar-refractivity contribution in [2.24, 2.45) is 0 Å². The highest BCUT2D eigenvalue weighted by molar-refractivity contribution is 7.89. The van der Waals surface area contributed by atoms with Crippen LogP contribution in [0.15, 0.2) is 47.4 Å². The Morgan fingerprint density at radius 3 is 2.56 bits per heavy atom. The summed E-state index contributed by atoms with van der Waals surface area (Å²) < 4.78 is 28.1. The fourth-order valence-corrected chi connectivity index (χ4v) is 4.60. The number of fused-ring (bicyclic) bond motifs is 1. The van der Waals surface area contributed by atoms with E-state index in [2.05, 4.69) is 4.72 Å². The van der Waals surface area contributed by atoms with Crippen LogP contribution in [0.4, 0.5) is 0 Å². The molecule has 1 aliphatic carbocycles. The first-order chi connectivity index (χ1) is 12.8. The van der Waals surface area contributed by atoms with Crippen LogP contribution in [0.25, 0.3) is 0 Å². The van der Waals surface area contributed by atoms with Gasteiger partial charge in [-0.2, -0.15) is 5.26 Å². The maximum absolute atomic E-state index is 12.7. The normalized spacial score (nSPS) is 17.6. The number of aliphatic hydroxyl groups excluding tert-OH is 1. The van der Waals surface area contributed by atoms with Crippen LogP contribution >= 0.6 is 0 Å². The molecule has 2 atom stereocenters. The number of nitriles is 1. The van der Waals surface area contributed by atoms with Crippen molar-refractivity contribution in [2.75, 3.05) is 0 Å². The molecule has 7 nitrogen and oxygen atoms in total. The van der Waals surface area contributed by atoms with E-state index in [-0.39, 0.29) is 4.90 Å². The summed E-state index contributed by atoms with van der Waals surface area (Å²) in [5, 5.41) is 27.9. The maximum atomic E-state index is 12.7. The number of aliphatic hydroxyl groups is 1. The molecule has 2 aromatic carbocycles. The maximum Gasteiger partial charge on any atom is 0.337 e. The van der Waals surface area contributed by atoms with Crippen molar-refractivity contribution in [3.63, 3.8) is 0 Å². The SMILES string of the molecule is N#Cc1ccc(S(=O)(=O)NC2CCCc3c2cccc3C(O)C(=O)O)cc1. The average Bonchev–Trinajstić information content (AvgIpc) is 2.67. The van der Waals surface area contributed by atoms with Crippen LogP contribution in [0.3, 0.4) is 0 Å². The van der Waals surface area contributed by atoms with Gasteiger partial charge in [-0.1, -0.05) is 18.2 Å². The highest BCUT2D eigenvalue weighted by atomic mass is 32.2. The number of rotatable bonds is 5. The molecule has 8 heteroatoms. The number of sulfonamides is 1. The smallest absolute Gasteiger partial charge is 0.337 e. The van der Waals surface area contributed by atoms with Crippen LogP contribution in [0.5, 0.6) is 0 Å². The number of carbonyl (C=O) groups is 1. The average molecular weight is 386 g/mol. The molecule has 2 unspecified atom stereocenters. The van der Waals surface area contributed by atoms with Gasteiger partial charge in [-0.25, -0.2) is 17.9 Å². The number of aliphatic carboxylic acids is 1. The number of nitrogens with one attached hydrogen (secondary N) is 1. The van der Waals surface area contributed by atoms with Crippen LogP contribution in [0.1, 0.15) is 47.2 Å². The molecular weight excluding hydrogens is 368 g/mol. The molecule has 140 valence electrons. The second-order valence-electron chi connectivity index (χ2n) is 6.36. The van der Waals surface area contributed by atoms with Crippen molar-refractivity contribution < 1.29 is 23.4 Å². The van der Waals surface area contributed by atoms with Gasteiger partial charge in [0, 0.05) is 6.04 Å². The number of nitrogens with zero attached hydrogens (tertiary/aromatic N) is 1. The topological polar surface area (TPSA) is 127 Å². The summed E-state index contributed by atoms with van der Waals surface area (Å²) in [5.41, 5.74) is 2.01. The van der Waals surface area contributed by atoms with Crippen molar-refractivity contribution in [1.82, 2.24) is 4.72 Å². The van der Waals surface area contributed by atoms with Crippen molar-refractivity contribution >= 4 is 16.0 Å². The van der Waals surface area contributed by atoms with Gasteiger partial charge in [0.15, 0.2) is 6.10 Å². The van der Waals surface area contributed by atoms with Crippen molar-refractivity contribution in [2.45, 2.75) is 36.3 Å². The molecule has 0 fully saturated rings. The highest BCUT2D eigenvalue weighted by Crippen LogP contribution is 2.35. The Kier molecular flexibility index (Phi) is 5.28. The molecule has 27 heavy (non-hydrogen) atoms. The molecule has 0 bridgehead atoms. The Morgan fingerprint density at radius 2 is 1.93 bits per heavy atom. The molecule has 0 heterocycles. The Balaban J connectivity index is 1.93. The summed E-state index contributed by atoms with van der Waals surface area (Å²) in [6.07, 6.45) is 0.158. The third kappa shape index (κ3) is 3.85. The van der Waals surface area contributed by atoms with Crippen molar-refractivity contribution in [3.05, 3.63) is 64.7 Å². The third-order valence-corrected chi connectivity index (χ3v) is 6.15. The predicted octanol–water partition coefficient (Wildman–Crippen LogP) is 2.03. The molecule has 0 saturated heterocycles. The zero-order valence-corrected chi connectivity index (χ0v) is 15.1. The molecule has 3 rings (SSSR count). The molecule has 2 aromatic rings. The number of hydrogen-bond acceptors (Lipinski definition) is 5. The zero-order chi connectivity index (χ0) is 19.6. The van der Waals surface area contributed by atoms with Gasteiger partial charge < -0.3 is 10.2 Å². The van der Waals surface area contributed by atoms with E-state index in [1.807, 2.05) is 6.07 Å². The summed E-state index contributed by atoms with van der Waals surface area (Å²) in [6, 6.07) is 12.0. The number of benzene rings is 2. The molecule has 0 aliphatic heterocycles. The highest BCUT2D eigenvalue weighted by Gasteiger charge is 2.29. The molecule has 0 amide bonds. The summed E-state index contributed by atoms with van der Waals surface area (Å²) in [6.45, 7) is 0. The van der Waals surface area contributed by atoms with Gasteiger partial charge in [0.2, 0.25) is 10.0 Å². The van der Waals surface area contributed by atoms with Crippen LogP contribution in [0.2, 0.25) is 0 Å². The Bertz CT molecular complexity index is 1010. The fraction of sp³-hybridized carbons (Fsp3) is 0.263. The van der Waals surface area contributed by atoms with Gasteiger partial charge in [-0.05, 0) is 60.2 Å². The third-order valence-electron chi connectivity index (χ3n) is 4.66. The number of carboxylic acid groups (broad SMARTS) is 1. The predicted molar refractivity (Wildman–Crippen MR) is 96.2 cm³/mol. The van der Waals surface area contributed by atoms with Gasteiger partial charge in [-0.3, -0.25) is 0 Å². The molecule has 3 N–H and O–H groups in total. The first kappa shape index (κ1) is 19.0. The minimum absolute atomic E-state index is 0.0512. The summed E-state index contributed by atoms with van der Waals surface area (Å²) in [4.78, 5) is 11.2. The van der Waals surface area contributed by atoms with E-state index in [1.165, 1.54) is 24.3 Å². The second kappa shape index (κ2) is 7.48. The van der Waals surface area contributed by atoms with E-state index in [9.17, 15) is 18.3 Å². The Hall–Kier alpha value is -2.73. The van der Waals surface area contributed by atoms with Gasteiger partial charge in [-0.15, -0.1) is 0 Å². The van der Waals surface area contributed by atoms with E-state index in [1.54, 1.807) is 18.2 Å². The Morgan fingerprint density at radius 1 is 1.22 bits per heavy atom. The number of carboxylic acids is 1. The summed E-state index contributed by atoms with van der Waals surface area (Å²) >= 11 is 0. The minimum Gasteiger partial charge on any atom is -0.479 e. The quantitative estimate of drug-likeness (QED) is 0.721. The Labute approximate surface area is 156 Å². The molecule has 0 spiro atoms. The van der Waals surface area contributed by atoms with Gasteiger partial charge >= 0.3 is 5.97 Å². The molecule has 0 saturated carbocycles. The van der Waals surface area contributed by atoms with Gasteiger partial charge in [0.25, 0.3) is 0 Å². The summed E-state index contributed by atoms with van der Waals surface area (Å²) in [7, 11) is -3.82. The molecular formula is C19H18N2O5S. The van der Waals surface area contributed by atoms with Crippen LogP contribution in [-0.2, 0) is 21.2 Å². The van der Waals surface area contributed by atoms with E-state index >= 15 is 0 Å². The van der Waals surface area contributed by atoms with Crippen LogP contribution in [0, 0.1) is 11.3 Å². The molecule has 0 radical (unpaired) electrons. The lowest BCUT2D eigenvalue weighted by Crippen LogP contribution is -2.31. The monoisotopic (exact) mass is 386 g/mol. The summed E-state index contributed by atoms with van der Waals surface area (Å²) in [5.74, 6) is -1.34. The van der Waals surface area contributed by atoms with Crippen molar-refractivity contribution in [3.8, 4) is 6.07 Å². The van der Waals surface area contributed by atoms with Gasteiger partial charge in [0.1, 0.15) is 0 Å². The van der Waals surface area contributed by atoms with Crippen LogP contribution in [-0.4, -0.2) is 24.6 Å². The van der Waals surface area contributed by atoms with Gasteiger partial charge in [0.05, 0.1) is 16.5 Å². The van der Waals surface area contributed by atoms with Crippen LogP contribution < -0.4 is 4.72 Å². The van der Waals surface area contributed by atoms with Crippen molar-refractivity contribution in [1.29, 1.82) is 5.26 Å². The van der Waals surface area contributed by atoms with E-state index in [0.29, 0.717) is 41.5 Å². The fourth-order valence-electron chi connectivity index (χ4n) is 3.35. The van der Waals surface area contributed by atoms with E-state index < -0.39 is 28.1 Å². The second-order valence-corrected chi connectivity index (χ2v) is 8.07. The lowest BCUT2D eigenvalue weighted by Gasteiger charge is -2.28. The van der Waals surface area contributed by atoms with E-state index in [0.717, 1.165) is 0 Å². The zero-order valence-electron chi connectivity index (χ0n) is 14.3. The largest absolute Gasteiger partial charge is 0.479 e. The molecule has 1 aliphatic rings. The van der Waals surface area contributed by atoms with E-state index in [4.69, 9.17) is 10.4 Å². The number of hydrogen-bond donors (Lipinski definition) is 3. The first-order valence-corrected chi connectivity index (χ1v) is 9.87. The standard InChI is InChI=1S/C19H18N2O5S/c20-11-12-7-9-13(10-8-12)27(25,26)21-17-6-2-3-14-15(17)4-1-5-16(14)18(22)19(23)24/h1,4-5,7-10,17-18,21-22H,2-3,6H2,(H,23,24). The first-order valence-electron chi connectivity index (χ1n) is 8.38.